The molecule has 17 heavy (non-hydrogen) atoms. The van der Waals surface area contributed by atoms with Crippen molar-refractivity contribution in [2.24, 2.45) is 0 Å². The largest absolute Gasteiger partial charge is 0.480 e. The Morgan fingerprint density at radius 2 is 2.18 bits per heavy atom. The number of unbranched alkanes of at least 4 members (excludes halogenated alkanes) is 1. The van der Waals surface area contributed by atoms with Crippen molar-refractivity contribution in [2.75, 3.05) is 0 Å². The first kappa shape index (κ1) is 11.6. The van der Waals surface area contributed by atoms with E-state index in [0.29, 0.717) is 0 Å². The molecular formula is C13H16N2O2. The van der Waals surface area contributed by atoms with Gasteiger partial charge < -0.3 is 9.67 Å². The van der Waals surface area contributed by atoms with Gasteiger partial charge in [-0.05, 0) is 18.6 Å². The SMILES string of the molecule is CCCCc1nc2ccccc2n1CC(=O)O. The predicted octanol–water partition coefficient (Wildman–Crippen LogP) is 2.46. The van der Waals surface area contributed by atoms with Crippen LogP contribution < -0.4 is 0 Å². The molecular weight excluding hydrogens is 216 g/mol. The Bertz CT molecular complexity index is 531. The quantitative estimate of drug-likeness (QED) is 0.861. The lowest BCUT2D eigenvalue weighted by molar-refractivity contribution is -0.137. The Labute approximate surface area is 99.9 Å². The summed E-state index contributed by atoms with van der Waals surface area (Å²) in [6.45, 7) is 2.10. The second-order valence-corrected chi connectivity index (χ2v) is 4.10. The first-order valence-electron chi connectivity index (χ1n) is 5.88. The van der Waals surface area contributed by atoms with Gasteiger partial charge in [-0.3, -0.25) is 4.79 Å². The monoisotopic (exact) mass is 232 g/mol. The third kappa shape index (κ3) is 2.46. The molecule has 4 nitrogen and oxygen atoms in total. The number of hydrogen-bond acceptors (Lipinski definition) is 2. The molecule has 90 valence electrons. The minimum Gasteiger partial charge on any atom is -0.480 e. The molecule has 2 aromatic rings. The number of aryl methyl sites for hydroxylation is 1. The topological polar surface area (TPSA) is 55.1 Å². The summed E-state index contributed by atoms with van der Waals surface area (Å²) >= 11 is 0. The molecule has 1 N–H and O–H groups in total. The van der Waals surface area contributed by atoms with Gasteiger partial charge in [-0.25, -0.2) is 4.98 Å². The van der Waals surface area contributed by atoms with Crippen molar-refractivity contribution >= 4 is 17.0 Å². The van der Waals surface area contributed by atoms with Crippen molar-refractivity contribution in [1.82, 2.24) is 9.55 Å². The molecule has 4 heteroatoms. The van der Waals surface area contributed by atoms with Gasteiger partial charge in [-0.1, -0.05) is 25.5 Å². The summed E-state index contributed by atoms with van der Waals surface area (Å²) in [5.74, 6) is 0.0429. The molecule has 1 aromatic heterocycles. The Kier molecular flexibility index (Phi) is 3.42. The van der Waals surface area contributed by atoms with E-state index in [1.807, 2.05) is 24.3 Å². The minimum atomic E-state index is -0.828. The zero-order chi connectivity index (χ0) is 12.3. The van der Waals surface area contributed by atoms with Gasteiger partial charge >= 0.3 is 5.97 Å². The van der Waals surface area contributed by atoms with Crippen LogP contribution in [0.5, 0.6) is 0 Å². The highest BCUT2D eigenvalue weighted by Crippen LogP contribution is 2.17. The maximum absolute atomic E-state index is 10.9. The van der Waals surface area contributed by atoms with E-state index in [9.17, 15) is 4.79 Å². The van der Waals surface area contributed by atoms with E-state index in [0.717, 1.165) is 36.1 Å². The van der Waals surface area contributed by atoms with Gasteiger partial charge in [0.05, 0.1) is 11.0 Å². The zero-order valence-corrected chi connectivity index (χ0v) is 9.89. The average Bonchev–Trinajstić information content (AvgIpc) is 2.64. The number of carbonyl (C=O) groups is 1. The Hall–Kier alpha value is -1.84. The molecule has 0 unspecified atom stereocenters. The van der Waals surface area contributed by atoms with Crippen LogP contribution in [0.3, 0.4) is 0 Å². The van der Waals surface area contributed by atoms with E-state index in [-0.39, 0.29) is 6.54 Å². The summed E-state index contributed by atoms with van der Waals surface area (Å²) < 4.78 is 1.80. The first-order valence-corrected chi connectivity index (χ1v) is 5.88. The molecule has 0 saturated heterocycles. The number of imidazole rings is 1. The van der Waals surface area contributed by atoms with Crippen molar-refractivity contribution in [2.45, 2.75) is 32.7 Å². The van der Waals surface area contributed by atoms with Crippen LogP contribution in [-0.2, 0) is 17.8 Å². The highest BCUT2D eigenvalue weighted by Gasteiger charge is 2.11. The summed E-state index contributed by atoms with van der Waals surface area (Å²) in [6.07, 6.45) is 2.94. The molecule has 1 heterocycles. The first-order chi connectivity index (χ1) is 8.22. The van der Waals surface area contributed by atoms with Crippen LogP contribution >= 0.6 is 0 Å². The highest BCUT2D eigenvalue weighted by molar-refractivity contribution is 5.78. The second kappa shape index (κ2) is 4.99. The van der Waals surface area contributed by atoms with Gasteiger partial charge in [0.1, 0.15) is 12.4 Å². The number of fused-ring (bicyclic) bond motifs is 1. The van der Waals surface area contributed by atoms with Gasteiger partial charge in [0.15, 0.2) is 0 Å². The standard InChI is InChI=1S/C13H16N2O2/c1-2-3-8-12-14-10-6-4-5-7-11(10)15(12)9-13(16)17/h4-7H,2-3,8-9H2,1H3,(H,16,17). The number of hydrogen-bond donors (Lipinski definition) is 1. The summed E-state index contributed by atoms with van der Waals surface area (Å²) in [4.78, 5) is 15.4. The van der Waals surface area contributed by atoms with Gasteiger partial charge in [-0.2, -0.15) is 0 Å². The van der Waals surface area contributed by atoms with Crippen LogP contribution in [0.1, 0.15) is 25.6 Å². The Balaban J connectivity index is 2.44. The molecule has 0 fully saturated rings. The number of aromatic nitrogens is 2. The average molecular weight is 232 g/mol. The summed E-state index contributed by atoms with van der Waals surface area (Å²) in [5, 5.41) is 8.95. The molecule has 0 atom stereocenters. The number of aliphatic carboxylic acids is 1. The van der Waals surface area contributed by atoms with Crippen molar-refractivity contribution < 1.29 is 9.90 Å². The molecule has 1 aromatic carbocycles. The van der Waals surface area contributed by atoms with Crippen LogP contribution in [-0.4, -0.2) is 20.6 Å². The molecule has 0 spiro atoms. The number of carboxylic acid groups (broad SMARTS) is 1. The fourth-order valence-corrected chi connectivity index (χ4v) is 1.96. The Morgan fingerprint density at radius 3 is 2.88 bits per heavy atom. The molecule has 0 radical (unpaired) electrons. The predicted molar refractivity (Wildman–Crippen MR) is 66.0 cm³/mol. The zero-order valence-electron chi connectivity index (χ0n) is 9.89. The van der Waals surface area contributed by atoms with Crippen molar-refractivity contribution in [3.05, 3.63) is 30.1 Å². The number of benzene rings is 1. The van der Waals surface area contributed by atoms with Crippen LogP contribution in [0.4, 0.5) is 0 Å². The number of nitrogens with zero attached hydrogens (tertiary/aromatic N) is 2. The molecule has 0 aliphatic carbocycles. The minimum absolute atomic E-state index is 0.0143. The molecule has 2 rings (SSSR count). The van der Waals surface area contributed by atoms with E-state index < -0.39 is 5.97 Å². The summed E-state index contributed by atoms with van der Waals surface area (Å²) in [5.41, 5.74) is 1.78. The summed E-state index contributed by atoms with van der Waals surface area (Å²) in [7, 11) is 0. The van der Waals surface area contributed by atoms with E-state index in [1.165, 1.54) is 0 Å². The highest BCUT2D eigenvalue weighted by atomic mass is 16.4. The fraction of sp³-hybridized carbons (Fsp3) is 0.385. The van der Waals surface area contributed by atoms with Crippen molar-refractivity contribution in [1.29, 1.82) is 0 Å². The van der Waals surface area contributed by atoms with E-state index in [1.54, 1.807) is 4.57 Å². The van der Waals surface area contributed by atoms with E-state index in [2.05, 4.69) is 11.9 Å². The lowest BCUT2D eigenvalue weighted by atomic mass is 10.2. The van der Waals surface area contributed by atoms with E-state index in [4.69, 9.17) is 5.11 Å². The maximum Gasteiger partial charge on any atom is 0.323 e. The van der Waals surface area contributed by atoms with Gasteiger partial charge in [-0.15, -0.1) is 0 Å². The lowest BCUT2D eigenvalue weighted by Crippen LogP contribution is -2.11. The normalized spacial score (nSPS) is 10.9. The van der Waals surface area contributed by atoms with Crippen LogP contribution in [0.25, 0.3) is 11.0 Å². The van der Waals surface area contributed by atoms with Crippen molar-refractivity contribution in [3.8, 4) is 0 Å². The third-order valence-electron chi connectivity index (χ3n) is 2.78. The maximum atomic E-state index is 10.9. The number of carboxylic acids is 1. The lowest BCUT2D eigenvalue weighted by Gasteiger charge is -2.05. The van der Waals surface area contributed by atoms with Crippen molar-refractivity contribution in [3.63, 3.8) is 0 Å². The molecule has 0 amide bonds. The number of rotatable bonds is 5. The summed E-state index contributed by atoms with van der Waals surface area (Å²) in [6, 6.07) is 7.67. The molecule has 0 bridgehead atoms. The van der Waals surface area contributed by atoms with Gasteiger partial charge in [0.25, 0.3) is 0 Å². The third-order valence-corrected chi connectivity index (χ3v) is 2.78. The van der Waals surface area contributed by atoms with Gasteiger partial charge in [0, 0.05) is 6.42 Å². The molecule has 0 aliphatic rings. The van der Waals surface area contributed by atoms with Crippen LogP contribution in [0, 0.1) is 0 Å². The number of para-hydroxylation sites is 2. The Morgan fingerprint density at radius 1 is 1.41 bits per heavy atom. The smallest absolute Gasteiger partial charge is 0.323 e. The molecule has 0 aliphatic heterocycles. The van der Waals surface area contributed by atoms with Gasteiger partial charge in [0.2, 0.25) is 0 Å². The van der Waals surface area contributed by atoms with E-state index >= 15 is 0 Å². The van der Waals surface area contributed by atoms with Crippen LogP contribution in [0.2, 0.25) is 0 Å². The molecule has 0 saturated carbocycles. The van der Waals surface area contributed by atoms with Crippen LogP contribution in [0.15, 0.2) is 24.3 Å². The fourth-order valence-electron chi connectivity index (χ4n) is 1.96. The second-order valence-electron chi connectivity index (χ2n) is 4.10.